The highest BCUT2D eigenvalue weighted by Crippen LogP contribution is 2.47. The van der Waals surface area contributed by atoms with Gasteiger partial charge in [0.05, 0.1) is 11.4 Å². The Morgan fingerprint density at radius 2 is 1.75 bits per heavy atom. The van der Waals surface area contributed by atoms with Crippen LogP contribution in [0.2, 0.25) is 0 Å². The van der Waals surface area contributed by atoms with Gasteiger partial charge in [-0.05, 0) is 44.4 Å². The standard InChI is InChI=1S/C24H23N3O/c1-15-11-13-17(14-12-15)22-21-16(2)26-27(18-7-4-3-5-8-18)24(21)25-19-9-6-10-20(28)23(19)22/h3-5,7-8,11-14,22,25H,6,9-10H2,1-2H3/t22-/m0/s1. The number of nitrogens with one attached hydrogen (secondary N) is 1. The number of nitrogens with zero attached hydrogens (tertiary/aromatic N) is 2. The number of para-hydroxylation sites is 1. The first kappa shape index (κ1) is 17.0. The number of carbonyl (C=O) groups excluding carboxylic acids is 1. The smallest absolute Gasteiger partial charge is 0.161 e. The van der Waals surface area contributed by atoms with Crippen LogP contribution in [0.25, 0.3) is 5.69 Å². The summed E-state index contributed by atoms with van der Waals surface area (Å²) in [6.45, 7) is 4.13. The van der Waals surface area contributed by atoms with Crippen molar-refractivity contribution in [3.8, 4) is 5.69 Å². The predicted octanol–water partition coefficient (Wildman–Crippen LogP) is 5.05. The van der Waals surface area contributed by atoms with E-state index in [4.69, 9.17) is 5.10 Å². The highest BCUT2D eigenvalue weighted by molar-refractivity contribution is 6.01. The maximum absolute atomic E-state index is 13.0. The first-order valence-electron chi connectivity index (χ1n) is 9.88. The number of aryl methyl sites for hydroxylation is 2. The first-order valence-corrected chi connectivity index (χ1v) is 9.88. The SMILES string of the molecule is Cc1ccc([C@@H]2C3=C(CCCC3=O)Nc3c2c(C)nn3-c2ccccc2)cc1. The molecule has 2 aromatic carbocycles. The maximum Gasteiger partial charge on any atom is 0.161 e. The van der Waals surface area contributed by atoms with Crippen molar-refractivity contribution in [1.82, 2.24) is 9.78 Å². The molecule has 0 saturated heterocycles. The lowest BCUT2D eigenvalue weighted by Gasteiger charge is -2.33. The molecule has 28 heavy (non-hydrogen) atoms. The second-order valence-electron chi connectivity index (χ2n) is 7.73. The van der Waals surface area contributed by atoms with Crippen LogP contribution in [0.3, 0.4) is 0 Å². The summed E-state index contributed by atoms with van der Waals surface area (Å²) in [4.78, 5) is 13.0. The average Bonchev–Trinajstić information content (AvgIpc) is 3.04. The van der Waals surface area contributed by atoms with E-state index in [-0.39, 0.29) is 11.7 Å². The highest BCUT2D eigenvalue weighted by Gasteiger charge is 2.38. The fourth-order valence-electron chi connectivity index (χ4n) is 4.47. The summed E-state index contributed by atoms with van der Waals surface area (Å²) in [6.07, 6.45) is 2.44. The molecule has 3 aromatic rings. The summed E-state index contributed by atoms with van der Waals surface area (Å²) in [7, 11) is 0. The van der Waals surface area contributed by atoms with E-state index in [1.54, 1.807) is 0 Å². The maximum atomic E-state index is 13.0. The van der Waals surface area contributed by atoms with E-state index in [0.29, 0.717) is 6.42 Å². The number of Topliss-reactive ketones (excluding diaryl/α,β-unsaturated/α-hetero) is 1. The molecule has 1 N–H and O–H groups in total. The van der Waals surface area contributed by atoms with Gasteiger partial charge in [0, 0.05) is 29.2 Å². The number of aromatic nitrogens is 2. The molecule has 2 heterocycles. The topological polar surface area (TPSA) is 46.9 Å². The van der Waals surface area contributed by atoms with E-state index >= 15 is 0 Å². The Hall–Kier alpha value is -3.14. The molecule has 1 aliphatic heterocycles. The van der Waals surface area contributed by atoms with Crippen molar-refractivity contribution < 1.29 is 4.79 Å². The van der Waals surface area contributed by atoms with Crippen LogP contribution in [-0.4, -0.2) is 15.6 Å². The number of rotatable bonds is 2. The number of fused-ring (bicyclic) bond motifs is 1. The highest BCUT2D eigenvalue weighted by atomic mass is 16.1. The molecule has 0 fully saturated rings. The number of carbonyl (C=O) groups is 1. The number of anilines is 1. The summed E-state index contributed by atoms with van der Waals surface area (Å²) < 4.78 is 1.98. The van der Waals surface area contributed by atoms with Gasteiger partial charge < -0.3 is 5.32 Å². The molecular weight excluding hydrogens is 346 g/mol. The normalized spacial score (nSPS) is 18.5. The minimum absolute atomic E-state index is 0.0582. The van der Waals surface area contributed by atoms with Crippen LogP contribution in [-0.2, 0) is 4.79 Å². The van der Waals surface area contributed by atoms with E-state index in [1.807, 2.05) is 29.8 Å². The summed E-state index contributed by atoms with van der Waals surface area (Å²) in [5.41, 5.74) is 7.46. The molecule has 0 bridgehead atoms. The summed E-state index contributed by atoms with van der Waals surface area (Å²) in [5, 5.41) is 8.44. The number of benzene rings is 2. The molecular formula is C24H23N3O. The third kappa shape index (κ3) is 2.60. The Morgan fingerprint density at radius 1 is 1.00 bits per heavy atom. The van der Waals surface area contributed by atoms with Crippen molar-refractivity contribution in [2.24, 2.45) is 0 Å². The van der Waals surface area contributed by atoms with Crippen LogP contribution in [0.5, 0.6) is 0 Å². The van der Waals surface area contributed by atoms with Gasteiger partial charge in [-0.15, -0.1) is 0 Å². The van der Waals surface area contributed by atoms with Gasteiger partial charge in [-0.3, -0.25) is 4.79 Å². The van der Waals surface area contributed by atoms with Crippen molar-refractivity contribution in [2.45, 2.75) is 39.0 Å². The summed E-state index contributed by atoms with van der Waals surface area (Å²) in [5.74, 6) is 1.19. The first-order chi connectivity index (χ1) is 13.6. The molecule has 1 atom stereocenters. The zero-order valence-electron chi connectivity index (χ0n) is 16.2. The van der Waals surface area contributed by atoms with Crippen molar-refractivity contribution in [2.75, 3.05) is 5.32 Å². The number of hydrogen-bond donors (Lipinski definition) is 1. The third-order valence-electron chi connectivity index (χ3n) is 5.82. The van der Waals surface area contributed by atoms with Crippen molar-refractivity contribution >= 4 is 11.6 Å². The average molecular weight is 369 g/mol. The van der Waals surface area contributed by atoms with Crippen LogP contribution < -0.4 is 5.32 Å². The fraction of sp³-hybridized carbons (Fsp3) is 0.250. The lowest BCUT2D eigenvalue weighted by atomic mass is 9.76. The van der Waals surface area contributed by atoms with Gasteiger partial charge in [-0.2, -0.15) is 5.10 Å². The molecule has 140 valence electrons. The van der Waals surface area contributed by atoms with E-state index in [2.05, 4.69) is 48.6 Å². The van der Waals surface area contributed by atoms with E-state index in [1.165, 1.54) is 5.56 Å². The molecule has 0 radical (unpaired) electrons. The van der Waals surface area contributed by atoms with Crippen LogP contribution in [0.4, 0.5) is 5.82 Å². The molecule has 1 aliphatic carbocycles. The van der Waals surface area contributed by atoms with E-state index < -0.39 is 0 Å². The lowest BCUT2D eigenvalue weighted by Crippen LogP contribution is -2.27. The molecule has 0 amide bonds. The van der Waals surface area contributed by atoms with E-state index in [0.717, 1.165) is 52.4 Å². The van der Waals surface area contributed by atoms with E-state index in [9.17, 15) is 4.79 Å². The Morgan fingerprint density at radius 3 is 2.50 bits per heavy atom. The van der Waals surface area contributed by atoms with Gasteiger partial charge in [-0.25, -0.2) is 4.68 Å². The lowest BCUT2D eigenvalue weighted by molar-refractivity contribution is -0.116. The minimum Gasteiger partial charge on any atom is -0.343 e. The molecule has 0 saturated carbocycles. The molecule has 4 heteroatoms. The quantitative estimate of drug-likeness (QED) is 0.687. The molecule has 5 rings (SSSR count). The van der Waals surface area contributed by atoms with Gasteiger partial charge in [0.2, 0.25) is 0 Å². The van der Waals surface area contributed by atoms with Gasteiger partial charge in [-0.1, -0.05) is 48.0 Å². The van der Waals surface area contributed by atoms with Gasteiger partial charge >= 0.3 is 0 Å². The molecule has 0 spiro atoms. The van der Waals surface area contributed by atoms with Crippen LogP contribution in [0.15, 0.2) is 65.9 Å². The van der Waals surface area contributed by atoms with Gasteiger partial charge in [0.1, 0.15) is 5.82 Å². The van der Waals surface area contributed by atoms with Crippen molar-refractivity contribution in [3.63, 3.8) is 0 Å². The van der Waals surface area contributed by atoms with Crippen LogP contribution in [0, 0.1) is 13.8 Å². The summed E-state index contributed by atoms with van der Waals surface area (Å²) in [6, 6.07) is 18.7. The Labute approximate surface area is 164 Å². The second-order valence-corrected chi connectivity index (χ2v) is 7.73. The number of hydrogen-bond acceptors (Lipinski definition) is 3. The molecule has 0 unspecified atom stereocenters. The number of allylic oxidation sites excluding steroid dienone is 2. The van der Waals surface area contributed by atoms with Crippen molar-refractivity contribution in [3.05, 3.63) is 88.3 Å². The molecule has 4 nitrogen and oxygen atoms in total. The largest absolute Gasteiger partial charge is 0.343 e. The Balaban J connectivity index is 1.75. The van der Waals surface area contributed by atoms with Crippen molar-refractivity contribution in [1.29, 1.82) is 0 Å². The zero-order chi connectivity index (χ0) is 19.3. The molecule has 1 aromatic heterocycles. The fourth-order valence-corrected chi connectivity index (χ4v) is 4.47. The second kappa shape index (κ2) is 6.48. The molecule has 2 aliphatic rings. The Bertz CT molecular complexity index is 1090. The van der Waals surface area contributed by atoms with Crippen LogP contribution in [0.1, 0.15) is 47.6 Å². The van der Waals surface area contributed by atoms with Gasteiger partial charge in [0.15, 0.2) is 5.78 Å². The van der Waals surface area contributed by atoms with Gasteiger partial charge in [0.25, 0.3) is 0 Å². The van der Waals surface area contributed by atoms with Crippen LogP contribution >= 0.6 is 0 Å². The summed E-state index contributed by atoms with van der Waals surface area (Å²) >= 11 is 0. The monoisotopic (exact) mass is 369 g/mol. The third-order valence-corrected chi connectivity index (χ3v) is 5.82. The minimum atomic E-state index is -0.0582. The zero-order valence-corrected chi connectivity index (χ0v) is 16.2. The number of ketones is 1. The predicted molar refractivity (Wildman–Crippen MR) is 111 cm³/mol. The Kier molecular flexibility index (Phi) is 3.93.